The van der Waals surface area contributed by atoms with Crippen LogP contribution in [0.1, 0.15) is 16.7 Å². The Morgan fingerprint density at radius 3 is 2.38 bits per heavy atom. The molecule has 8 heteroatoms. The fourth-order valence-corrected chi connectivity index (χ4v) is 3.19. The average molecular weight is 481 g/mol. The second-order valence-corrected chi connectivity index (χ2v) is 7.99. The Labute approximate surface area is 204 Å². The smallest absolute Gasteiger partial charge is 0.407 e. The molecule has 0 aromatic heterocycles. The average Bonchev–Trinajstić information content (AvgIpc) is 2.84. The van der Waals surface area contributed by atoms with Gasteiger partial charge in [0.2, 0.25) is 5.44 Å². The topological polar surface area (TPSA) is 85.9 Å². The zero-order valence-corrected chi connectivity index (χ0v) is 20.0. The molecule has 0 aliphatic carbocycles. The predicted molar refractivity (Wildman–Crippen MR) is 133 cm³/mol. The molecular formula is C26H28N2O5S. The van der Waals surface area contributed by atoms with E-state index in [1.165, 1.54) is 0 Å². The largest absolute Gasteiger partial charge is 0.470 e. The first-order valence-corrected chi connectivity index (χ1v) is 11.3. The van der Waals surface area contributed by atoms with E-state index in [0.717, 1.165) is 22.4 Å². The number of alkyl carbamates (subject to hydrolysis) is 1. The van der Waals surface area contributed by atoms with Crippen molar-refractivity contribution in [3.05, 3.63) is 89.5 Å². The van der Waals surface area contributed by atoms with E-state index in [1.807, 2.05) is 80.6 Å². The first kappa shape index (κ1) is 25.0. The van der Waals surface area contributed by atoms with Crippen molar-refractivity contribution in [1.82, 2.24) is 10.6 Å². The highest BCUT2D eigenvalue weighted by atomic mass is 32.1. The maximum atomic E-state index is 12.2. The van der Waals surface area contributed by atoms with Crippen molar-refractivity contribution in [1.29, 1.82) is 0 Å². The molecule has 0 spiro atoms. The molecule has 0 fully saturated rings. The lowest BCUT2D eigenvalue weighted by atomic mass is 10.1. The van der Waals surface area contributed by atoms with Gasteiger partial charge in [0.15, 0.2) is 0 Å². The summed E-state index contributed by atoms with van der Waals surface area (Å²) in [5, 5.41) is 5.26. The zero-order valence-electron chi connectivity index (χ0n) is 19.1. The number of rotatable bonds is 10. The van der Waals surface area contributed by atoms with E-state index in [1.54, 1.807) is 6.07 Å². The van der Waals surface area contributed by atoms with Crippen molar-refractivity contribution in [3.8, 4) is 17.2 Å². The summed E-state index contributed by atoms with van der Waals surface area (Å²) in [5.41, 5.74) is 1.85. The van der Waals surface area contributed by atoms with Crippen LogP contribution < -0.4 is 20.1 Å². The molecule has 0 heterocycles. The molecule has 1 unspecified atom stereocenters. The number of carbonyl (C=O) groups is 2. The minimum atomic E-state index is -0.960. The summed E-state index contributed by atoms with van der Waals surface area (Å²) in [4.78, 5) is 24.2. The van der Waals surface area contributed by atoms with Gasteiger partial charge in [0, 0.05) is 13.1 Å². The lowest BCUT2D eigenvalue weighted by Crippen LogP contribution is -2.40. The molecule has 0 radical (unpaired) electrons. The summed E-state index contributed by atoms with van der Waals surface area (Å²) >= 11 is 4.22. The normalized spacial score (nSPS) is 11.3. The first-order chi connectivity index (χ1) is 16.4. The standard InChI is InChI=1S/C26H28N2O5S/c1-18-8-6-13-23(19(18)2)33-25(34)24(29)27-14-15-28-26(30)31-17-20-9-7-12-22(16-20)32-21-10-4-3-5-11-21/h3-13,16,25,34H,14-15,17H2,1-2H3,(H,27,29)(H,28,30). The van der Waals surface area contributed by atoms with Crippen molar-refractivity contribution in [3.63, 3.8) is 0 Å². The molecule has 3 aromatic carbocycles. The summed E-state index contributed by atoms with van der Waals surface area (Å²) in [5.74, 6) is 1.59. The van der Waals surface area contributed by atoms with Crippen LogP contribution in [0, 0.1) is 13.8 Å². The molecule has 0 saturated carbocycles. The van der Waals surface area contributed by atoms with E-state index in [9.17, 15) is 9.59 Å². The molecule has 0 aliphatic heterocycles. The predicted octanol–water partition coefficient (Wildman–Crippen LogP) is 4.77. The van der Waals surface area contributed by atoms with Gasteiger partial charge in [-0.05, 0) is 60.9 Å². The van der Waals surface area contributed by atoms with Crippen LogP contribution in [0.5, 0.6) is 17.2 Å². The summed E-state index contributed by atoms with van der Waals surface area (Å²) in [6, 6.07) is 22.4. The Kier molecular flexibility index (Phi) is 9.22. The molecular weight excluding hydrogens is 452 g/mol. The summed E-state index contributed by atoms with van der Waals surface area (Å²) < 4.78 is 16.6. The van der Waals surface area contributed by atoms with Crippen LogP contribution >= 0.6 is 12.6 Å². The third-order valence-corrected chi connectivity index (χ3v) is 5.30. The summed E-state index contributed by atoms with van der Waals surface area (Å²) in [7, 11) is 0. The number of thiol groups is 1. The van der Waals surface area contributed by atoms with Crippen LogP contribution in [-0.2, 0) is 16.1 Å². The molecule has 2 N–H and O–H groups in total. The quantitative estimate of drug-likeness (QED) is 0.221. The van der Waals surface area contributed by atoms with Crippen LogP contribution in [-0.4, -0.2) is 30.5 Å². The molecule has 178 valence electrons. The van der Waals surface area contributed by atoms with Crippen LogP contribution in [0.2, 0.25) is 0 Å². The number of benzene rings is 3. The minimum Gasteiger partial charge on any atom is -0.470 e. The molecule has 3 aromatic rings. The molecule has 1 atom stereocenters. The third kappa shape index (κ3) is 7.74. The molecule has 3 rings (SSSR count). The van der Waals surface area contributed by atoms with Crippen molar-refractivity contribution < 1.29 is 23.8 Å². The Morgan fingerprint density at radius 2 is 1.59 bits per heavy atom. The second-order valence-electron chi connectivity index (χ2n) is 7.52. The molecule has 34 heavy (non-hydrogen) atoms. The van der Waals surface area contributed by atoms with Gasteiger partial charge in [-0.3, -0.25) is 4.79 Å². The summed E-state index contributed by atoms with van der Waals surface area (Å²) in [6.07, 6.45) is -0.585. The number of amides is 2. The maximum Gasteiger partial charge on any atom is 0.407 e. The van der Waals surface area contributed by atoms with Gasteiger partial charge in [-0.25, -0.2) is 4.79 Å². The molecule has 0 bridgehead atoms. The number of carbonyl (C=O) groups excluding carboxylic acids is 2. The number of nitrogens with one attached hydrogen (secondary N) is 2. The zero-order chi connectivity index (χ0) is 24.3. The van der Waals surface area contributed by atoms with Crippen LogP contribution in [0.15, 0.2) is 72.8 Å². The Balaban J connectivity index is 1.35. The maximum absolute atomic E-state index is 12.2. The molecule has 0 aliphatic rings. The van der Waals surface area contributed by atoms with Crippen LogP contribution in [0.4, 0.5) is 4.79 Å². The van der Waals surface area contributed by atoms with Crippen molar-refractivity contribution in [2.24, 2.45) is 0 Å². The van der Waals surface area contributed by atoms with E-state index < -0.39 is 17.4 Å². The SMILES string of the molecule is Cc1cccc(OC(S)C(=O)NCCNC(=O)OCc2cccc(Oc3ccccc3)c2)c1C. The van der Waals surface area contributed by atoms with E-state index in [0.29, 0.717) is 11.5 Å². The Morgan fingerprint density at radius 1 is 0.882 bits per heavy atom. The molecule has 0 saturated heterocycles. The van der Waals surface area contributed by atoms with Crippen LogP contribution in [0.25, 0.3) is 0 Å². The number of aryl methyl sites for hydroxylation is 1. The Hall–Kier alpha value is -3.65. The number of hydrogen-bond acceptors (Lipinski definition) is 6. The van der Waals surface area contributed by atoms with Gasteiger partial charge in [0.05, 0.1) is 0 Å². The van der Waals surface area contributed by atoms with Gasteiger partial charge in [0.25, 0.3) is 5.91 Å². The van der Waals surface area contributed by atoms with Gasteiger partial charge in [-0.2, -0.15) is 0 Å². The monoisotopic (exact) mass is 480 g/mol. The van der Waals surface area contributed by atoms with E-state index in [2.05, 4.69) is 23.3 Å². The minimum absolute atomic E-state index is 0.0899. The number of para-hydroxylation sites is 1. The van der Waals surface area contributed by atoms with Crippen molar-refractivity contribution in [2.45, 2.75) is 25.9 Å². The van der Waals surface area contributed by atoms with Gasteiger partial charge in [-0.15, -0.1) is 12.6 Å². The van der Waals surface area contributed by atoms with E-state index >= 15 is 0 Å². The van der Waals surface area contributed by atoms with E-state index in [-0.39, 0.29) is 19.7 Å². The fraction of sp³-hybridized carbons (Fsp3) is 0.231. The van der Waals surface area contributed by atoms with E-state index in [4.69, 9.17) is 14.2 Å². The molecule has 7 nitrogen and oxygen atoms in total. The highest BCUT2D eigenvalue weighted by molar-refractivity contribution is 7.81. The van der Waals surface area contributed by atoms with Gasteiger partial charge in [-0.1, -0.05) is 42.5 Å². The van der Waals surface area contributed by atoms with Crippen molar-refractivity contribution in [2.75, 3.05) is 13.1 Å². The molecule has 2 amide bonds. The summed E-state index contributed by atoms with van der Waals surface area (Å²) in [6.45, 7) is 4.39. The number of hydrogen-bond donors (Lipinski definition) is 3. The highest BCUT2D eigenvalue weighted by Gasteiger charge is 2.16. The lowest BCUT2D eigenvalue weighted by molar-refractivity contribution is -0.124. The fourth-order valence-electron chi connectivity index (χ4n) is 2.99. The third-order valence-electron chi connectivity index (χ3n) is 4.96. The van der Waals surface area contributed by atoms with Gasteiger partial charge >= 0.3 is 6.09 Å². The Bertz CT molecular complexity index is 1110. The van der Waals surface area contributed by atoms with Crippen molar-refractivity contribution >= 4 is 24.6 Å². The van der Waals surface area contributed by atoms with Crippen LogP contribution in [0.3, 0.4) is 0 Å². The first-order valence-electron chi connectivity index (χ1n) is 10.8. The van der Waals surface area contributed by atoms with Gasteiger partial charge < -0.3 is 24.8 Å². The highest BCUT2D eigenvalue weighted by Crippen LogP contribution is 2.23. The number of ether oxygens (including phenoxy) is 3. The second kappa shape index (κ2) is 12.6. The lowest BCUT2D eigenvalue weighted by Gasteiger charge is -2.16. The van der Waals surface area contributed by atoms with Gasteiger partial charge in [0.1, 0.15) is 23.9 Å².